The molecule has 0 atom stereocenters. The topological polar surface area (TPSA) is 90.7 Å². The highest BCUT2D eigenvalue weighted by atomic mass is 16.5. The van der Waals surface area contributed by atoms with E-state index in [0.717, 1.165) is 28.9 Å². The first-order valence-corrected chi connectivity index (χ1v) is 9.60. The maximum absolute atomic E-state index is 6.09. The van der Waals surface area contributed by atoms with Crippen LogP contribution in [-0.4, -0.2) is 20.1 Å². The van der Waals surface area contributed by atoms with Crippen molar-refractivity contribution in [3.05, 3.63) is 66.6 Å². The van der Waals surface area contributed by atoms with Crippen LogP contribution in [0.1, 0.15) is 32.9 Å². The molecule has 0 saturated heterocycles. The summed E-state index contributed by atoms with van der Waals surface area (Å²) in [4.78, 5) is 13.6. The Morgan fingerprint density at radius 3 is 2.52 bits per heavy atom. The van der Waals surface area contributed by atoms with Gasteiger partial charge in [0.2, 0.25) is 0 Å². The standard InChI is InChI=1S/C23H23N5O/c1-4-23(2,3)20-12-16(10-11-25-20)18-14-26-22(24)21(27-18)19-13-17(28-29-19)15-8-6-5-7-9-15/h5-14H,4H2,1-3H3,(H2,24,26). The molecule has 29 heavy (non-hydrogen) atoms. The number of pyridine rings is 1. The van der Waals surface area contributed by atoms with E-state index in [0.29, 0.717) is 23.0 Å². The normalized spacial score (nSPS) is 11.6. The van der Waals surface area contributed by atoms with Crippen LogP contribution in [0.15, 0.2) is 65.4 Å². The van der Waals surface area contributed by atoms with Crippen molar-refractivity contribution in [3.63, 3.8) is 0 Å². The summed E-state index contributed by atoms with van der Waals surface area (Å²) in [5, 5.41) is 4.16. The molecule has 0 unspecified atom stereocenters. The number of anilines is 1. The summed E-state index contributed by atoms with van der Waals surface area (Å²) >= 11 is 0. The first-order valence-electron chi connectivity index (χ1n) is 9.60. The van der Waals surface area contributed by atoms with E-state index in [1.165, 1.54) is 0 Å². The molecule has 6 heteroatoms. The van der Waals surface area contributed by atoms with Gasteiger partial charge in [-0.1, -0.05) is 56.3 Å². The molecule has 1 aromatic carbocycles. The van der Waals surface area contributed by atoms with Crippen LogP contribution in [0.3, 0.4) is 0 Å². The summed E-state index contributed by atoms with van der Waals surface area (Å²) in [5.41, 5.74) is 10.9. The van der Waals surface area contributed by atoms with E-state index in [1.54, 1.807) is 6.20 Å². The van der Waals surface area contributed by atoms with Crippen molar-refractivity contribution in [2.45, 2.75) is 32.6 Å². The Morgan fingerprint density at radius 2 is 1.76 bits per heavy atom. The number of aromatic nitrogens is 4. The van der Waals surface area contributed by atoms with E-state index in [2.05, 4.69) is 42.0 Å². The van der Waals surface area contributed by atoms with Crippen LogP contribution in [0.4, 0.5) is 5.82 Å². The van der Waals surface area contributed by atoms with E-state index in [4.69, 9.17) is 15.2 Å². The zero-order chi connectivity index (χ0) is 20.4. The second-order valence-electron chi connectivity index (χ2n) is 7.60. The minimum Gasteiger partial charge on any atom is -0.382 e. The minimum absolute atomic E-state index is 0.0183. The average Bonchev–Trinajstić information content (AvgIpc) is 3.25. The summed E-state index contributed by atoms with van der Waals surface area (Å²) in [7, 11) is 0. The average molecular weight is 385 g/mol. The van der Waals surface area contributed by atoms with Gasteiger partial charge in [-0.25, -0.2) is 9.97 Å². The van der Waals surface area contributed by atoms with Crippen molar-refractivity contribution in [2.24, 2.45) is 0 Å². The number of nitrogen functional groups attached to an aromatic ring is 1. The van der Waals surface area contributed by atoms with Gasteiger partial charge in [-0.15, -0.1) is 0 Å². The van der Waals surface area contributed by atoms with Crippen molar-refractivity contribution in [3.8, 4) is 34.0 Å². The van der Waals surface area contributed by atoms with Gasteiger partial charge >= 0.3 is 0 Å². The Hall–Kier alpha value is -3.54. The highest BCUT2D eigenvalue weighted by molar-refractivity contribution is 5.73. The van der Waals surface area contributed by atoms with Gasteiger partial charge in [-0.2, -0.15) is 0 Å². The van der Waals surface area contributed by atoms with Crippen LogP contribution >= 0.6 is 0 Å². The van der Waals surface area contributed by atoms with Crippen LogP contribution in [0, 0.1) is 0 Å². The molecule has 3 heterocycles. The Labute approximate surface area is 169 Å². The van der Waals surface area contributed by atoms with Crippen LogP contribution in [0.25, 0.3) is 34.0 Å². The Morgan fingerprint density at radius 1 is 0.966 bits per heavy atom. The van der Waals surface area contributed by atoms with Crippen molar-refractivity contribution < 1.29 is 4.52 Å². The molecular weight excluding hydrogens is 362 g/mol. The third-order valence-corrected chi connectivity index (χ3v) is 5.25. The van der Waals surface area contributed by atoms with Crippen molar-refractivity contribution in [2.75, 3.05) is 5.73 Å². The highest BCUT2D eigenvalue weighted by Gasteiger charge is 2.21. The van der Waals surface area contributed by atoms with E-state index in [-0.39, 0.29) is 5.41 Å². The smallest absolute Gasteiger partial charge is 0.189 e. The lowest BCUT2D eigenvalue weighted by Crippen LogP contribution is -2.17. The number of nitrogens with two attached hydrogens (primary N) is 1. The molecule has 4 rings (SSSR count). The summed E-state index contributed by atoms with van der Waals surface area (Å²) in [6.07, 6.45) is 4.47. The molecule has 4 aromatic rings. The van der Waals surface area contributed by atoms with Crippen molar-refractivity contribution in [1.29, 1.82) is 0 Å². The summed E-state index contributed by atoms with van der Waals surface area (Å²) < 4.78 is 5.53. The quantitative estimate of drug-likeness (QED) is 0.512. The van der Waals surface area contributed by atoms with Crippen molar-refractivity contribution in [1.82, 2.24) is 20.1 Å². The minimum atomic E-state index is -0.0183. The van der Waals surface area contributed by atoms with Gasteiger partial charge in [0.1, 0.15) is 5.69 Å². The van der Waals surface area contributed by atoms with E-state index >= 15 is 0 Å². The second kappa shape index (κ2) is 7.47. The van der Waals surface area contributed by atoms with E-state index < -0.39 is 0 Å². The molecule has 146 valence electrons. The van der Waals surface area contributed by atoms with Gasteiger partial charge in [0.15, 0.2) is 17.3 Å². The molecule has 0 aliphatic heterocycles. The molecule has 3 aromatic heterocycles. The SMILES string of the molecule is CCC(C)(C)c1cc(-c2cnc(N)c(-c3cc(-c4ccccc4)no3)n2)ccn1. The first kappa shape index (κ1) is 18.8. The molecule has 2 N–H and O–H groups in total. The molecule has 0 aliphatic rings. The number of hydrogen-bond donors (Lipinski definition) is 1. The number of nitrogens with zero attached hydrogens (tertiary/aromatic N) is 4. The van der Waals surface area contributed by atoms with E-state index in [1.807, 2.05) is 48.7 Å². The van der Waals surface area contributed by atoms with E-state index in [9.17, 15) is 0 Å². The Bertz CT molecular complexity index is 1130. The molecule has 0 amide bonds. The second-order valence-corrected chi connectivity index (χ2v) is 7.60. The predicted octanol–water partition coefficient (Wildman–Crippen LogP) is 5.13. The third kappa shape index (κ3) is 3.74. The molecule has 0 aliphatic carbocycles. The molecule has 0 bridgehead atoms. The van der Waals surface area contributed by atoms with Gasteiger partial charge in [0.05, 0.1) is 11.9 Å². The molecule has 0 fully saturated rings. The van der Waals surface area contributed by atoms with Crippen LogP contribution in [-0.2, 0) is 5.41 Å². The molecular formula is C23H23N5O. The molecule has 6 nitrogen and oxygen atoms in total. The maximum atomic E-state index is 6.09. The van der Waals surface area contributed by atoms with Gasteiger partial charge in [0, 0.05) is 34.5 Å². The van der Waals surface area contributed by atoms with Crippen LogP contribution < -0.4 is 5.73 Å². The zero-order valence-electron chi connectivity index (χ0n) is 16.8. The number of hydrogen-bond acceptors (Lipinski definition) is 6. The molecule has 0 radical (unpaired) electrons. The largest absolute Gasteiger partial charge is 0.382 e. The lowest BCUT2D eigenvalue weighted by molar-refractivity contribution is 0.434. The lowest BCUT2D eigenvalue weighted by atomic mass is 9.85. The first-order chi connectivity index (χ1) is 14.0. The zero-order valence-corrected chi connectivity index (χ0v) is 16.8. The Kier molecular flexibility index (Phi) is 4.84. The summed E-state index contributed by atoms with van der Waals surface area (Å²) in [5.74, 6) is 0.784. The summed E-state index contributed by atoms with van der Waals surface area (Å²) in [6, 6.07) is 15.6. The predicted molar refractivity (Wildman–Crippen MR) is 114 cm³/mol. The van der Waals surface area contributed by atoms with Gasteiger partial charge < -0.3 is 10.3 Å². The van der Waals surface area contributed by atoms with Crippen molar-refractivity contribution >= 4 is 5.82 Å². The molecule has 0 spiro atoms. The van der Waals surface area contributed by atoms with Gasteiger partial charge in [-0.3, -0.25) is 4.98 Å². The maximum Gasteiger partial charge on any atom is 0.189 e. The number of rotatable bonds is 5. The Balaban J connectivity index is 1.73. The van der Waals surface area contributed by atoms with Gasteiger partial charge in [-0.05, 0) is 18.6 Å². The highest BCUT2D eigenvalue weighted by Crippen LogP contribution is 2.31. The fourth-order valence-corrected chi connectivity index (χ4v) is 2.99. The number of benzene rings is 1. The lowest BCUT2D eigenvalue weighted by Gasteiger charge is -2.22. The van der Waals surface area contributed by atoms with Crippen LogP contribution in [0.5, 0.6) is 0 Å². The fraction of sp³-hybridized carbons (Fsp3) is 0.217. The fourth-order valence-electron chi connectivity index (χ4n) is 2.99. The summed E-state index contributed by atoms with van der Waals surface area (Å²) in [6.45, 7) is 6.52. The third-order valence-electron chi connectivity index (χ3n) is 5.25. The monoisotopic (exact) mass is 385 g/mol. The van der Waals surface area contributed by atoms with Crippen LogP contribution in [0.2, 0.25) is 0 Å². The molecule has 0 saturated carbocycles. The van der Waals surface area contributed by atoms with Gasteiger partial charge in [0.25, 0.3) is 0 Å².